The molecule has 2 aromatic carbocycles. The molecule has 0 saturated heterocycles. The van der Waals surface area contributed by atoms with Gasteiger partial charge >= 0.3 is 0 Å². The first-order valence-electron chi connectivity index (χ1n) is 7.15. The molecule has 2 rings (SSSR count). The van der Waals surface area contributed by atoms with E-state index >= 15 is 0 Å². The van der Waals surface area contributed by atoms with Crippen LogP contribution in [-0.4, -0.2) is 11.9 Å². The normalized spacial score (nSPS) is 11.0. The SMILES string of the molecule is CC(C)Oc1ccc(C(=O)C=CNc2ccc(Cl)c(Cl)c2)cc1. The molecule has 0 unspecified atom stereocenters. The largest absolute Gasteiger partial charge is 0.491 e. The molecule has 0 spiro atoms. The Balaban J connectivity index is 1.96. The van der Waals surface area contributed by atoms with Crippen molar-refractivity contribution in [1.29, 1.82) is 0 Å². The number of ether oxygens (including phenoxy) is 1. The highest BCUT2D eigenvalue weighted by atomic mass is 35.5. The summed E-state index contributed by atoms with van der Waals surface area (Å²) in [7, 11) is 0. The van der Waals surface area contributed by atoms with Crippen LogP contribution in [-0.2, 0) is 0 Å². The fraction of sp³-hybridized carbons (Fsp3) is 0.167. The van der Waals surface area contributed by atoms with Gasteiger partial charge in [0, 0.05) is 23.5 Å². The summed E-state index contributed by atoms with van der Waals surface area (Å²) in [5, 5.41) is 3.92. The third kappa shape index (κ3) is 5.31. The van der Waals surface area contributed by atoms with Crippen molar-refractivity contribution in [3.8, 4) is 5.75 Å². The van der Waals surface area contributed by atoms with Gasteiger partial charge in [-0.05, 0) is 56.3 Å². The molecule has 0 radical (unpaired) electrons. The number of allylic oxidation sites excluding steroid dienone is 1. The summed E-state index contributed by atoms with van der Waals surface area (Å²) >= 11 is 11.8. The van der Waals surface area contributed by atoms with E-state index in [4.69, 9.17) is 27.9 Å². The number of anilines is 1. The number of carbonyl (C=O) groups excluding carboxylic acids is 1. The lowest BCUT2D eigenvalue weighted by Crippen LogP contribution is -2.05. The molecule has 3 nitrogen and oxygen atoms in total. The first-order chi connectivity index (χ1) is 11.0. The summed E-state index contributed by atoms with van der Waals surface area (Å²) in [6, 6.07) is 12.2. The Labute approximate surface area is 145 Å². The molecule has 0 heterocycles. The Morgan fingerprint density at radius 2 is 1.78 bits per heavy atom. The highest BCUT2D eigenvalue weighted by Gasteiger charge is 2.03. The highest BCUT2D eigenvalue weighted by Crippen LogP contribution is 2.25. The predicted molar refractivity (Wildman–Crippen MR) is 95.8 cm³/mol. The molecule has 2 aromatic rings. The van der Waals surface area contributed by atoms with Crippen molar-refractivity contribution in [3.05, 3.63) is 70.3 Å². The molecule has 0 atom stereocenters. The Kier molecular flexibility index (Phi) is 6.08. The third-order valence-electron chi connectivity index (χ3n) is 2.91. The van der Waals surface area contributed by atoms with Gasteiger partial charge in [-0.1, -0.05) is 23.2 Å². The molecule has 0 amide bonds. The highest BCUT2D eigenvalue weighted by molar-refractivity contribution is 6.42. The van der Waals surface area contributed by atoms with E-state index in [0.717, 1.165) is 11.4 Å². The standard InChI is InChI=1S/C18H17Cl2NO2/c1-12(2)23-15-6-3-13(4-7-15)18(22)9-10-21-14-5-8-16(19)17(20)11-14/h3-12,21H,1-2H3. The van der Waals surface area contributed by atoms with Gasteiger partial charge in [0.15, 0.2) is 5.78 Å². The van der Waals surface area contributed by atoms with Crippen LogP contribution in [0.4, 0.5) is 5.69 Å². The molecule has 0 aromatic heterocycles. The summed E-state index contributed by atoms with van der Waals surface area (Å²) in [5.41, 5.74) is 1.34. The van der Waals surface area contributed by atoms with Crippen molar-refractivity contribution in [2.24, 2.45) is 0 Å². The Morgan fingerprint density at radius 1 is 1.09 bits per heavy atom. The van der Waals surface area contributed by atoms with Gasteiger partial charge in [0.2, 0.25) is 0 Å². The van der Waals surface area contributed by atoms with Crippen LogP contribution < -0.4 is 10.1 Å². The number of rotatable bonds is 6. The molecule has 5 heteroatoms. The summed E-state index contributed by atoms with van der Waals surface area (Å²) in [4.78, 5) is 12.1. The topological polar surface area (TPSA) is 38.3 Å². The van der Waals surface area contributed by atoms with Gasteiger partial charge in [0.25, 0.3) is 0 Å². The first kappa shape index (κ1) is 17.4. The van der Waals surface area contributed by atoms with E-state index in [-0.39, 0.29) is 11.9 Å². The van der Waals surface area contributed by atoms with E-state index in [0.29, 0.717) is 15.6 Å². The average Bonchev–Trinajstić information content (AvgIpc) is 2.51. The Hall–Kier alpha value is -1.97. The fourth-order valence-corrected chi connectivity index (χ4v) is 2.16. The van der Waals surface area contributed by atoms with Crippen LogP contribution >= 0.6 is 23.2 Å². The summed E-state index contributed by atoms with van der Waals surface area (Å²) in [6.07, 6.45) is 3.13. The van der Waals surface area contributed by atoms with Crippen molar-refractivity contribution in [2.75, 3.05) is 5.32 Å². The van der Waals surface area contributed by atoms with Gasteiger partial charge in [-0.3, -0.25) is 4.79 Å². The fourth-order valence-electron chi connectivity index (χ4n) is 1.87. The molecule has 0 aliphatic rings. The zero-order valence-electron chi connectivity index (χ0n) is 12.8. The Bertz CT molecular complexity index is 709. The number of halogens is 2. The van der Waals surface area contributed by atoms with Gasteiger partial charge < -0.3 is 10.1 Å². The summed E-state index contributed by atoms with van der Waals surface area (Å²) in [5.74, 6) is 0.642. The van der Waals surface area contributed by atoms with E-state index in [1.165, 1.54) is 6.08 Å². The minimum atomic E-state index is -0.103. The second-order valence-corrected chi connectivity index (χ2v) is 5.98. The van der Waals surface area contributed by atoms with Gasteiger partial charge in [0.1, 0.15) is 5.75 Å². The van der Waals surface area contributed by atoms with Crippen molar-refractivity contribution in [3.63, 3.8) is 0 Å². The maximum Gasteiger partial charge on any atom is 0.187 e. The van der Waals surface area contributed by atoms with Crippen molar-refractivity contribution in [1.82, 2.24) is 0 Å². The molecule has 120 valence electrons. The van der Waals surface area contributed by atoms with Crippen LogP contribution in [0, 0.1) is 0 Å². The molecular weight excluding hydrogens is 333 g/mol. The quantitative estimate of drug-likeness (QED) is 0.545. The zero-order chi connectivity index (χ0) is 16.8. The zero-order valence-corrected chi connectivity index (χ0v) is 14.4. The van der Waals surface area contributed by atoms with Gasteiger partial charge in [-0.25, -0.2) is 0 Å². The Morgan fingerprint density at radius 3 is 2.39 bits per heavy atom. The van der Waals surface area contributed by atoms with Crippen molar-refractivity contribution in [2.45, 2.75) is 20.0 Å². The van der Waals surface area contributed by atoms with Crippen LogP contribution in [0.1, 0.15) is 24.2 Å². The molecule has 0 saturated carbocycles. The lowest BCUT2D eigenvalue weighted by Gasteiger charge is -2.09. The van der Waals surface area contributed by atoms with Crippen LogP contribution in [0.3, 0.4) is 0 Å². The van der Waals surface area contributed by atoms with Gasteiger partial charge in [-0.2, -0.15) is 0 Å². The van der Waals surface area contributed by atoms with Crippen molar-refractivity contribution >= 4 is 34.7 Å². The molecule has 0 aliphatic carbocycles. The van der Waals surface area contributed by atoms with E-state index in [9.17, 15) is 4.79 Å². The van der Waals surface area contributed by atoms with Crippen LogP contribution in [0.15, 0.2) is 54.7 Å². The number of carbonyl (C=O) groups is 1. The molecule has 0 bridgehead atoms. The molecule has 0 fully saturated rings. The second-order valence-electron chi connectivity index (χ2n) is 5.16. The van der Waals surface area contributed by atoms with Crippen molar-refractivity contribution < 1.29 is 9.53 Å². The molecular formula is C18H17Cl2NO2. The number of benzene rings is 2. The van der Waals surface area contributed by atoms with Gasteiger partial charge in [0.05, 0.1) is 16.1 Å². The summed E-state index contributed by atoms with van der Waals surface area (Å²) < 4.78 is 5.54. The third-order valence-corrected chi connectivity index (χ3v) is 3.65. The van der Waals surface area contributed by atoms with E-state index in [2.05, 4.69) is 5.32 Å². The number of ketones is 1. The minimum Gasteiger partial charge on any atom is -0.491 e. The van der Waals surface area contributed by atoms with Gasteiger partial charge in [-0.15, -0.1) is 0 Å². The maximum atomic E-state index is 12.1. The average molecular weight is 350 g/mol. The first-order valence-corrected chi connectivity index (χ1v) is 7.90. The predicted octanol–water partition coefficient (Wildman–Crippen LogP) is 5.59. The van der Waals surface area contributed by atoms with E-state index < -0.39 is 0 Å². The minimum absolute atomic E-state index is 0.103. The number of hydrogen-bond donors (Lipinski definition) is 1. The van der Waals surface area contributed by atoms with Crippen LogP contribution in [0.5, 0.6) is 5.75 Å². The molecule has 0 aliphatic heterocycles. The monoisotopic (exact) mass is 349 g/mol. The van der Waals surface area contributed by atoms with E-state index in [1.54, 1.807) is 48.7 Å². The lowest BCUT2D eigenvalue weighted by molar-refractivity contribution is 0.104. The van der Waals surface area contributed by atoms with Crippen LogP contribution in [0.2, 0.25) is 10.0 Å². The number of hydrogen-bond acceptors (Lipinski definition) is 3. The second kappa shape index (κ2) is 8.04. The summed E-state index contributed by atoms with van der Waals surface area (Å²) in [6.45, 7) is 3.91. The van der Waals surface area contributed by atoms with E-state index in [1.807, 2.05) is 13.8 Å². The molecule has 23 heavy (non-hydrogen) atoms. The lowest BCUT2D eigenvalue weighted by atomic mass is 10.1. The van der Waals surface area contributed by atoms with Crippen LogP contribution in [0.25, 0.3) is 0 Å². The maximum absolute atomic E-state index is 12.1. The number of nitrogens with one attached hydrogen (secondary N) is 1. The molecule has 1 N–H and O–H groups in total. The smallest absolute Gasteiger partial charge is 0.187 e.